The standard InChI is InChI=1S/C15H16F3NO2S2/c1-11-3-4-14(12(2)7-11)23(20,21)19(10-15(16,17)18)8-13-5-6-22-9-13/h3-7,9H,8,10H2,1-2H3. The van der Waals surface area contributed by atoms with Crippen molar-refractivity contribution in [1.29, 1.82) is 0 Å². The summed E-state index contributed by atoms with van der Waals surface area (Å²) in [6.45, 7) is 1.55. The molecule has 0 spiro atoms. The van der Waals surface area contributed by atoms with Crippen LogP contribution in [0.25, 0.3) is 0 Å². The Morgan fingerprint density at radius 1 is 1.17 bits per heavy atom. The first-order chi connectivity index (χ1) is 10.6. The molecule has 0 saturated heterocycles. The zero-order chi connectivity index (χ0) is 17.3. The molecule has 23 heavy (non-hydrogen) atoms. The van der Waals surface area contributed by atoms with Gasteiger partial charge in [0.2, 0.25) is 10.0 Å². The molecule has 1 aromatic carbocycles. The van der Waals surface area contributed by atoms with E-state index < -0.39 is 22.7 Å². The van der Waals surface area contributed by atoms with Gasteiger partial charge in [0.1, 0.15) is 6.54 Å². The summed E-state index contributed by atoms with van der Waals surface area (Å²) in [4.78, 5) is -0.0948. The van der Waals surface area contributed by atoms with E-state index in [1.165, 1.54) is 17.4 Å². The molecule has 8 heteroatoms. The molecule has 3 nitrogen and oxygen atoms in total. The SMILES string of the molecule is Cc1ccc(S(=O)(=O)N(Cc2ccsc2)CC(F)(F)F)c(C)c1. The van der Waals surface area contributed by atoms with Crippen LogP contribution in [0.4, 0.5) is 13.2 Å². The quantitative estimate of drug-likeness (QED) is 0.801. The van der Waals surface area contributed by atoms with Crippen molar-refractivity contribution >= 4 is 21.4 Å². The van der Waals surface area contributed by atoms with Gasteiger partial charge < -0.3 is 0 Å². The van der Waals surface area contributed by atoms with E-state index in [0.717, 1.165) is 5.56 Å². The molecular formula is C15H16F3NO2S2. The molecule has 0 unspecified atom stereocenters. The summed E-state index contributed by atoms with van der Waals surface area (Å²) in [7, 11) is -4.24. The number of benzene rings is 1. The summed E-state index contributed by atoms with van der Waals surface area (Å²) in [5.74, 6) is 0. The van der Waals surface area contributed by atoms with Crippen LogP contribution in [-0.4, -0.2) is 25.4 Å². The number of sulfonamides is 1. The second kappa shape index (κ2) is 6.62. The summed E-state index contributed by atoms with van der Waals surface area (Å²) in [5.41, 5.74) is 1.82. The van der Waals surface area contributed by atoms with E-state index in [-0.39, 0.29) is 11.4 Å². The average Bonchev–Trinajstić information content (AvgIpc) is 2.88. The van der Waals surface area contributed by atoms with Crippen LogP contribution in [0.1, 0.15) is 16.7 Å². The van der Waals surface area contributed by atoms with Crippen LogP contribution in [0.2, 0.25) is 0 Å². The molecule has 0 saturated carbocycles. The number of hydrogen-bond donors (Lipinski definition) is 0. The average molecular weight is 363 g/mol. The Bertz CT molecular complexity index is 769. The van der Waals surface area contributed by atoms with Crippen molar-refractivity contribution in [3.63, 3.8) is 0 Å². The molecule has 0 aliphatic heterocycles. The van der Waals surface area contributed by atoms with Crippen molar-refractivity contribution in [1.82, 2.24) is 4.31 Å². The molecule has 1 aromatic heterocycles. The third-order valence-corrected chi connectivity index (χ3v) is 5.93. The molecule has 2 rings (SSSR count). The molecule has 0 aliphatic carbocycles. The van der Waals surface area contributed by atoms with Gasteiger partial charge >= 0.3 is 6.18 Å². The molecular weight excluding hydrogens is 347 g/mol. The number of nitrogens with zero attached hydrogens (tertiary/aromatic N) is 1. The summed E-state index contributed by atoms with van der Waals surface area (Å²) >= 11 is 1.31. The summed E-state index contributed by atoms with van der Waals surface area (Å²) < 4.78 is 64.4. The van der Waals surface area contributed by atoms with E-state index >= 15 is 0 Å². The topological polar surface area (TPSA) is 37.4 Å². The second-order valence-corrected chi connectivity index (χ2v) is 7.98. The molecule has 0 atom stereocenters. The zero-order valence-corrected chi connectivity index (χ0v) is 14.2. The highest BCUT2D eigenvalue weighted by atomic mass is 32.2. The lowest BCUT2D eigenvalue weighted by molar-refractivity contribution is -0.136. The Labute approximate surface area is 137 Å². The molecule has 2 aromatic rings. The molecule has 0 aliphatic rings. The highest BCUT2D eigenvalue weighted by Gasteiger charge is 2.37. The molecule has 0 radical (unpaired) electrons. The third kappa shape index (κ3) is 4.55. The maximum absolute atomic E-state index is 12.8. The van der Waals surface area contributed by atoms with Gasteiger partial charge in [-0.15, -0.1) is 0 Å². The number of hydrogen-bond acceptors (Lipinski definition) is 3. The maximum Gasteiger partial charge on any atom is 0.402 e. The molecule has 0 amide bonds. The molecule has 126 valence electrons. The fourth-order valence-corrected chi connectivity index (χ4v) is 4.52. The van der Waals surface area contributed by atoms with Gasteiger partial charge in [0.25, 0.3) is 0 Å². The van der Waals surface area contributed by atoms with Crippen molar-refractivity contribution in [2.45, 2.75) is 31.5 Å². The maximum atomic E-state index is 12.8. The van der Waals surface area contributed by atoms with Crippen LogP contribution in [-0.2, 0) is 16.6 Å². The van der Waals surface area contributed by atoms with E-state index in [4.69, 9.17) is 0 Å². The largest absolute Gasteiger partial charge is 0.402 e. The fourth-order valence-electron chi connectivity index (χ4n) is 2.24. The molecule has 0 fully saturated rings. The van der Waals surface area contributed by atoms with Gasteiger partial charge in [-0.3, -0.25) is 0 Å². The van der Waals surface area contributed by atoms with E-state index in [1.54, 1.807) is 42.8 Å². The first-order valence-electron chi connectivity index (χ1n) is 6.75. The van der Waals surface area contributed by atoms with Crippen LogP contribution >= 0.6 is 11.3 Å². The molecule has 0 N–H and O–H groups in total. The summed E-state index contributed by atoms with van der Waals surface area (Å²) in [6, 6.07) is 6.20. The normalized spacial score (nSPS) is 12.8. The predicted octanol–water partition coefficient (Wildman–Crippen LogP) is 4.12. The molecule has 0 bridgehead atoms. The lowest BCUT2D eigenvalue weighted by atomic mass is 10.2. The lowest BCUT2D eigenvalue weighted by Gasteiger charge is -2.24. The van der Waals surface area contributed by atoms with Crippen LogP contribution < -0.4 is 0 Å². The predicted molar refractivity (Wildman–Crippen MR) is 83.9 cm³/mol. The van der Waals surface area contributed by atoms with Crippen molar-refractivity contribution in [2.24, 2.45) is 0 Å². The fraction of sp³-hybridized carbons (Fsp3) is 0.333. The Balaban J connectivity index is 2.43. The minimum Gasteiger partial charge on any atom is -0.207 e. The van der Waals surface area contributed by atoms with E-state index in [0.29, 0.717) is 15.4 Å². The van der Waals surface area contributed by atoms with Gasteiger partial charge in [0.05, 0.1) is 4.90 Å². The first kappa shape index (κ1) is 18.0. The van der Waals surface area contributed by atoms with Gasteiger partial charge in [-0.1, -0.05) is 17.7 Å². The lowest BCUT2D eigenvalue weighted by Crippen LogP contribution is -2.38. The second-order valence-electron chi connectivity index (χ2n) is 5.29. The highest BCUT2D eigenvalue weighted by Crippen LogP contribution is 2.27. The monoisotopic (exact) mass is 363 g/mol. The van der Waals surface area contributed by atoms with E-state index in [9.17, 15) is 21.6 Å². The van der Waals surface area contributed by atoms with Crippen LogP contribution in [0.3, 0.4) is 0 Å². The Hall–Kier alpha value is -1.38. The van der Waals surface area contributed by atoms with Gasteiger partial charge in [0.15, 0.2) is 0 Å². The number of thiophene rings is 1. The summed E-state index contributed by atoms with van der Waals surface area (Å²) in [5, 5.41) is 3.34. The number of rotatable bonds is 5. The Morgan fingerprint density at radius 2 is 1.87 bits per heavy atom. The number of aryl methyl sites for hydroxylation is 2. The van der Waals surface area contributed by atoms with Gasteiger partial charge in [-0.25, -0.2) is 8.42 Å². The number of alkyl halides is 3. The van der Waals surface area contributed by atoms with Crippen LogP contribution in [0.15, 0.2) is 39.9 Å². The van der Waals surface area contributed by atoms with Crippen molar-refractivity contribution in [2.75, 3.05) is 6.54 Å². The van der Waals surface area contributed by atoms with Gasteiger partial charge in [-0.2, -0.15) is 28.8 Å². The molecule has 1 heterocycles. The number of halogens is 3. The van der Waals surface area contributed by atoms with Gasteiger partial charge in [-0.05, 0) is 47.9 Å². The van der Waals surface area contributed by atoms with Crippen LogP contribution in [0, 0.1) is 13.8 Å². The first-order valence-corrected chi connectivity index (χ1v) is 9.13. The van der Waals surface area contributed by atoms with Crippen LogP contribution in [0.5, 0.6) is 0 Å². The Morgan fingerprint density at radius 3 is 2.39 bits per heavy atom. The summed E-state index contributed by atoms with van der Waals surface area (Å²) in [6.07, 6.45) is -4.61. The van der Waals surface area contributed by atoms with E-state index in [2.05, 4.69) is 0 Å². The smallest absolute Gasteiger partial charge is 0.207 e. The van der Waals surface area contributed by atoms with Gasteiger partial charge in [0, 0.05) is 6.54 Å². The van der Waals surface area contributed by atoms with E-state index in [1.807, 2.05) is 0 Å². The van der Waals surface area contributed by atoms with Crippen molar-refractivity contribution in [3.05, 3.63) is 51.7 Å². The zero-order valence-electron chi connectivity index (χ0n) is 12.6. The Kier molecular flexibility index (Phi) is 5.17. The highest BCUT2D eigenvalue weighted by molar-refractivity contribution is 7.89. The third-order valence-electron chi connectivity index (χ3n) is 3.24. The van der Waals surface area contributed by atoms with Crippen molar-refractivity contribution < 1.29 is 21.6 Å². The minimum atomic E-state index is -4.61. The minimum absolute atomic E-state index is 0.0948. The van der Waals surface area contributed by atoms with Crippen molar-refractivity contribution in [3.8, 4) is 0 Å².